The van der Waals surface area contributed by atoms with Gasteiger partial charge in [-0.05, 0) is 23.3 Å². The minimum atomic E-state index is -0.906. The number of aliphatic hydroxyl groups excluding tert-OH is 1. The Morgan fingerprint density at radius 1 is 1.25 bits per heavy atom. The molecule has 1 fully saturated rings. The molecule has 3 rings (SSSR count). The number of aliphatic hydroxyl groups is 1. The van der Waals surface area contributed by atoms with Crippen LogP contribution in [0.25, 0.3) is 0 Å². The fourth-order valence-electron chi connectivity index (χ4n) is 3.19. The van der Waals surface area contributed by atoms with Gasteiger partial charge in [0.1, 0.15) is 19.3 Å². The van der Waals surface area contributed by atoms with Gasteiger partial charge in [-0.2, -0.15) is 0 Å². The number of carbonyl (C=O) groups excluding carboxylic acids is 2. The maximum Gasteiger partial charge on any atom is 0.250 e. The van der Waals surface area contributed by atoms with Crippen molar-refractivity contribution >= 4 is 17.5 Å². The van der Waals surface area contributed by atoms with Gasteiger partial charge in [-0.15, -0.1) is 0 Å². The zero-order valence-corrected chi connectivity index (χ0v) is 15.7. The number of hydrogen-bond donors (Lipinski definition) is 2. The number of nitrogens with one attached hydrogen (secondary N) is 1. The molecule has 1 heterocycles. The van der Waals surface area contributed by atoms with Crippen LogP contribution in [-0.4, -0.2) is 54.8 Å². The topological polar surface area (TPSA) is 88.1 Å². The van der Waals surface area contributed by atoms with Gasteiger partial charge in [0.15, 0.2) is 0 Å². The molecule has 1 aliphatic rings. The zero-order valence-electron chi connectivity index (χ0n) is 15.7. The van der Waals surface area contributed by atoms with Crippen LogP contribution >= 0.6 is 0 Å². The smallest absolute Gasteiger partial charge is 0.250 e. The van der Waals surface area contributed by atoms with E-state index in [0.29, 0.717) is 17.8 Å². The average molecular weight is 384 g/mol. The fourth-order valence-corrected chi connectivity index (χ4v) is 3.19. The Morgan fingerprint density at radius 2 is 1.96 bits per heavy atom. The summed E-state index contributed by atoms with van der Waals surface area (Å²) in [5, 5.41) is 13.6. The number of benzene rings is 2. The zero-order chi connectivity index (χ0) is 19.9. The third-order valence-corrected chi connectivity index (χ3v) is 4.61. The highest BCUT2D eigenvalue weighted by Crippen LogP contribution is 2.26. The molecule has 1 aliphatic heterocycles. The molecule has 1 saturated heterocycles. The highest BCUT2D eigenvalue weighted by Gasteiger charge is 2.34. The average Bonchev–Trinajstić information content (AvgIpc) is 2.70. The summed E-state index contributed by atoms with van der Waals surface area (Å²) in [6, 6.07) is 16.0. The van der Waals surface area contributed by atoms with E-state index in [2.05, 4.69) is 5.32 Å². The predicted molar refractivity (Wildman–Crippen MR) is 104 cm³/mol. The van der Waals surface area contributed by atoms with Crippen LogP contribution in [0.4, 0.5) is 5.69 Å². The molecule has 2 N–H and O–H groups in total. The number of methoxy groups -OCH3 is 1. The molecule has 2 unspecified atom stereocenters. The predicted octanol–water partition coefficient (Wildman–Crippen LogP) is 1.73. The van der Waals surface area contributed by atoms with E-state index in [9.17, 15) is 14.7 Å². The summed E-state index contributed by atoms with van der Waals surface area (Å²) < 4.78 is 10.2. The maximum absolute atomic E-state index is 12.4. The summed E-state index contributed by atoms with van der Waals surface area (Å²) in [5.41, 5.74) is 2.24. The van der Waals surface area contributed by atoms with E-state index in [-0.39, 0.29) is 31.6 Å². The number of hydrogen-bond acceptors (Lipinski definition) is 5. The molecule has 148 valence electrons. The number of morpholine rings is 1. The first-order chi connectivity index (χ1) is 13.6. The second-order valence-corrected chi connectivity index (χ2v) is 6.64. The first-order valence-electron chi connectivity index (χ1n) is 9.06. The maximum atomic E-state index is 12.4. The lowest BCUT2D eigenvalue weighted by atomic mass is 9.99. The summed E-state index contributed by atoms with van der Waals surface area (Å²) in [4.78, 5) is 25.7. The van der Waals surface area contributed by atoms with E-state index in [1.54, 1.807) is 29.2 Å². The lowest BCUT2D eigenvalue weighted by Crippen LogP contribution is -2.51. The lowest BCUT2D eigenvalue weighted by molar-refractivity contribution is -0.155. The van der Waals surface area contributed by atoms with Crippen molar-refractivity contribution < 1.29 is 24.2 Å². The second-order valence-electron chi connectivity index (χ2n) is 6.64. The third-order valence-electron chi connectivity index (χ3n) is 4.61. The molecule has 2 amide bonds. The number of ether oxygens (including phenoxy) is 2. The van der Waals surface area contributed by atoms with Crippen LogP contribution in [0, 0.1) is 0 Å². The normalized spacial score (nSPS) is 18.0. The van der Waals surface area contributed by atoms with Crippen LogP contribution in [0.1, 0.15) is 17.2 Å². The molecule has 0 saturated carbocycles. The molecule has 28 heavy (non-hydrogen) atoms. The minimum absolute atomic E-state index is 0.0144. The fraction of sp³-hybridized carbons (Fsp3) is 0.333. The lowest BCUT2D eigenvalue weighted by Gasteiger charge is -2.38. The third kappa shape index (κ3) is 4.95. The van der Waals surface area contributed by atoms with Crippen LogP contribution in [0.3, 0.4) is 0 Å². The number of nitrogens with zero attached hydrogens (tertiary/aromatic N) is 1. The van der Waals surface area contributed by atoms with E-state index < -0.39 is 12.1 Å². The van der Waals surface area contributed by atoms with E-state index in [0.717, 1.165) is 5.56 Å². The van der Waals surface area contributed by atoms with Gasteiger partial charge in [0.2, 0.25) is 11.8 Å². The Morgan fingerprint density at radius 3 is 2.64 bits per heavy atom. The van der Waals surface area contributed by atoms with E-state index in [1.165, 1.54) is 7.11 Å². The van der Waals surface area contributed by atoms with Gasteiger partial charge in [-0.1, -0.05) is 42.5 Å². The summed E-state index contributed by atoms with van der Waals surface area (Å²) in [5.74, 6) is -0.404. The second kappa shape index (κ2) is 9.45. The summed E-state index contributed by atoms with van der Waals surface area (Å²) >= 11 is 0. The van der Waals surface area contributed by atoms with Crippen LogP contribution in [-0.2, 0) is 25.6 Å². The van der Waals surface area contributed by atoms with Crippen LogP contribution in [0.5, 0.6) is 0 Å². The van der Waals surface area contributed by atoms with Crippen molar-refractivity contribution in [2.75, 3.05) is 32.2 Å². The van der Waals surface area contributed by atoms with Gasteiger partial charge in [-0.25, -0.2) is 0 Å². The van der Waals surface area contributed by atoms with Crippen molar-refractivity contribution in [1.82, 2.24) is 4.90 Å². The van der Waals surface area contributed by atoms with E-state index in [4.69, 9.17) is 9.47 Å². The van der Waals surface area contributed by atoms with Crippen LogP contribution < -0.4 is 5.32 Å². The molecule has 0 aromatic heterocycles. The molecule has 2 atom stereocenters. The van der Waals surface area contributed by atoms with E-state index in [1.807, 2.05) is 30.3 Å². The first kappa shape index (κ1) is 20.0. The SMILES string of the molecule is COCC(=O)Nc1ccc(C(O)C2COCC(=O)N2Cc2ccccc2)cc1. The molecule has 2 aromatic carbocycles. The van der Waals surface area contributed by atoms with Crippen LogP contribution in [0.2, 0.25) is 0 Å². The van der Waals surface area contributed by atoms with Crippen molar-refractivity contribution in [3.8, 4) is 0 Å². The van der Waals surface area contributed by atoms with Gasteiger partial charge in [-0.3, -0.25) is 9.59 Å². The van der Waals surface area contributed by atoms with Crippen molar-refractivity contribution in [2.45, 2.75) is 18.7 Å². The Bertz CT molecular complexity index is 794. The number of anilines is 1. The molecule has 2 aromatic rings. The van der Waals surface area contributed by atoms with Crippen LogP contribution in [0.15, 0.2) is 54.6 Å². The van der Waals surface area contributed by atoms with Gasteiger partial charge >= 0.3 is 0 Å². The molecular weight excluding hydrogens is 360 g/mol. The summed E-state index contributed by atoms with van der Waals surface area (Å²) in [6.45, 7) is 0.656. The van der Waals surface area contributed by atoms with Gasteiger partial charge in [0.05, 0.1) is 12.6 Å². The van der Waals surface area contributed by atoms with Gasteiger partial charge in [0.25, 0.3) is 0 Å². The monoisotopic (exact) mass is 384 g/mol. The van der Waals surface area contributed by atoms with E-state index >= 15 is 0 Å². The molecule has 0 aliphatic carbocycles. The number of rotatable bonds is 7. The number of carbonyl (C=O) groups is 2. The minimum Gasteiger partial charge on any atom is -0.386 e. The Kier molecular flexibility index (Phi) is 6.76. The van der Waals surface area contributed by atoms with Crippen molar-refractivity contribution in [3.05, 3.63) is 65.7 Å². The van der Waals surface area contributed by atoms with Gasteiger partial charge in [0, 0.05) is 19.3 Å². The quantitative estimate of drug-likeness (QED) is 0.759. The standard InChI is InChI=1S/C21H24N2O5/c1-27-13-19(24)22-17-9-7-16(8-10-17)21(26)18-12-28-14-20(25)23(18)11-15-5-3-2-4-6-15/h2-10,18,21,26H,11-14H2,1H3,(H,22,24). The molecule has 7 nitrogen and oxygen atoms in total. The highest BCUT2D eigenvalue weighted by molar-refractivity contribution is 5.91. The Hall–Kier alpha value is -2.74. The Labute approximate surface area is 163 Å². The van der Waals surface area contributed by atoms with Crippen molar-refractivity contribution in [3.63, 3.8) is 0 Å². The number of amides is 2. The summed E-state index contributed by atoms with van der Waals surface area (Å²) in [6.07, 6.45) is -0.906. The molecule has 0 radical (unpaired) electrons. The van der Waals surface area contributed by atoms with Gasteiger partial charge < -0.3 is 24.8 Å². The molecular formula is C21H24N2O5. The molecule has 0 spiro atoms. The van der Waals surface area contributed by atoms with Crippen molar-refractivity contribution in [2.24, 2.45) is 0 Å². The molecule has 7 heteroatoms. The highest BCUT2D eigenvalue weighted by atomic mass is 16.5. The largest absolute Gasteiger partial charge is 0.386 e. The Balaban J connectivity index is 1.72. The van der Waals surface area contributed by atoms with Crippen molar-refractivity contribution in [1.29, 1.82) is 0 Å². The first-order valence-corrected chi connectivity index (χ1v) is 9.06. The molecule has 0 bridgehead atoms. The summed E-state index contributed by atoms with van der Waals surface area (Å²) in [7, 11) is 1.45.